The highest BCUT2D eigenvalue weighted by molar-refractivity contribution is 7.90. The monoisotopic (exact) mass is 340 g/mol. The fraction of sp³-hybridized carbons (Fsp3) is 0.154. The van der Waals surface area contributed by atoms with Gasteiger partial charge < -0.3 is 5.32 Å². The summed E-state index contributed by atoms with van der Waals surface area (Å²) in [5, 5.41) is 28.2. The van der Waals surface area contributed by atoms with Crippen molar-refractivity contribution in [3.05, 3.63) is 35.0 Å². The van der Waals surface area contributed by atoms with Crippen LogP contribution in [0, 0.1) is 34.0 Å². The number of nitriles is 3. The minimum Gasteiger partial charge on any atom is -0.345 e. The van der Waals surface area contributed by atoms with E-state index < -0.39 is 43.4 Å². The van der Waals surface area contributed by atoms with Crippen molar-refractivity contribution < 1.29 is 21.6 Å². The maximum absolute atomic E-state index is 13.1. The van der Waals surface area contributed by atoms with Gasteiger partial charge >= 0.3 is 6.18 Å². The van der Waals surface area contributed by atoms with Gasteiger partial charge in [-0.3, -0.25) is 0 Å². The van der Waals surface area contributed by atoms with Crippen LogP contribution >= 0.6 is 0 Å². The van der Waals surface area contributed by atoms with Gasteiger partial charge in [-0.05, 0) is 18.2 Å². The Morgan fingerprint density at radius 2 is 1.70 bits per heavy atom. The molecule has 1 aromatic carbocycles. The normalized spacial score (nSPS) is 10.8. The number of allylic oxidation sites excluding steroid dienone is 2. The van der Waals surface area contributed by atoms with E-state index in [-0.39, 0.29) is 0 Å². The molecule has 0 aromatic heterocycles. The molecule has 1 aromatic rings. The number of nitrogens with one attached hydrogen (secondary N) is 1. The summed E-state index contributed by atoms with van der Waals surface area (Å²) >= 11 is 0. The Labute approximate surface area is 129 Å². The van der Waals surface area contributed by atoms with Crippen molar-refractivity contribution in [2.75, 3.05) is 11.6 Å². The lowest BCUT2D eigenvalue weighted by Gasteiger charge is -2.15. The number of rotatable bonds is 3. The summed E-state index contributed by atoms with van der Waals surface area (Å²) in [7, 11) is -3.87. The van der Waals surface area contributed by atoms with Crippen LogP contribution in [0.5, 0.6) is 0 Å². The molecule has 1 rings (SSSR count). The van der Waals surface area contributed by atoms with Crippen LogP contribution in [-0.2, 0) is 16.0 Å². The highest BCUT2D eigenvalue weighted by Crippen LogP contribution is 2.37. The van der Waals surface area contributed by atoms with Gasteiger partial charge in [0.2, 0.25) is 0 Å². The number of alkyl halides is 3. The van der Waals surface area contributed by atoms with E-state index >= 15 is 0 Å². The molecule has 0 aliphatic heterocycles. The smallest absolute Gasteiger partial charge is 0.345 e. The molecular weight excluding hydrogens is 333 g/mol. The summed E-state index contributed by atoms with van der Waals surface area (Å²) < 4.78 is 62.0. The number of hydrogen-bond donors (Lipinski definition) is 1. The maximum atomic E-state index is 13.1. The van der Waals surface area contributed by atoms with Gasteiger partial charge in [-0.15, -0.1) is 0 Å². The van der Waals surface area contributed by atoms with Crippen LogP contribution in [0.2, 0.25) is 0 Å². The first-order valence-corrected chi connectivity index (χ1v) is 7.56. The van der Waals surface area contributed by atoms with E-state index in [9.17, 15) is 21.6 Å². The Kier molecular flexibility index (Phi) is 5.00. The third kappa shape index (κ3) is 4.22. The van der Waals surface area contributed by atoms with E-state index in [2.05, 4.69) is 0 Å². The van der Waals surface area contributed by atoms with Crippen LogP contribution in [0.4, 0.5) is 18.9 Å². The van der Waals surface area contributed by atoms with Gasteiger partial charge in [-0.2, -0.15) is 29.0 Å². The molecule has 0 fully saturated rings. The lowest BCUT2D eigenvalue weighted by molar-refractivity contribution is -0.137. The van der Waals surface area contributed by atoms with Crippen molar-refractivity contribution in [3.8, 4) is 18.2 Å². The van der Waals surface area contributed by atoms with Crippen LogP contribution in [0.25, 0.3) is 0 Å². The first-order chi connectivity index (χ1) is 10.5. The van der Waals surface area contributed by atoms with Gasteiger partial charge in [0, 0.05) is 6.26 Å². The summed E-state index contributed by atoms with van der Waals surface area (Å²) in [5.74, 6) is 0. The molecule has 0 saturated heterocycles. The molecule has 1 N–H and O–H groups in total. The second kappa shape index (κ2) is 6.39. The van der Waals surface area contributed by atoms with Crippen LogP contribution in [0.1, 0.15) is 5.56 Å². The van der Waals surface area contributed by atoms with Crippen molar-refractivity contribution in [1.82, 2.24) is 0 Å². The van der Waals surface area contributed by atoms with E-state index in [4.69, 9.17) is 15.8 Å². The van der Waals surface area contributed by atoms with Crippen LogP contribution in [-0.4, -0.2) is 14.7 Å². The predicted molar refractivity (Wildman–Crippen MR) is 72.0 cm³/mol. The molecule has 0 bridgehead atoms. The highest BCUT2D eigenvalue weighted by Gasteiger charge is 2.35. The molecular formula is C13H7F3N4O2S. The molecule has 6 nitrogen and oxygen atoms in total. The molecule has 23 heavy (non-hydrogen) atoms. The van der Waals surface area contributed by atoms with Gasteiger partial charge in [0.15, 0.2) is 15.4 Å². The van der Waals surface area contributed by atoms with Crippen LogP contribution in [0.15, 0.2) is 34.4 Å². The molecule has 118 valence electrons. The van der Waals surface area contributed by atoms with E-state index in [0.29, 0.717) is 6.07 Å². The first kappa shape index (κ1) is 18.0. The molecule has 0 atom stereocenters. The van der Waals surface area contributed by atoms with Crippen LogP contribution < -0.4 is 5.32 Å². The van der Waals surface area contributed by atoms with Gasteiger partial charge in [-0.1, -0.05) is 0 Å². The number of benzene rings is 1. The number of halogens is 3. The molecule has 0 amide bonds. The zero-order valence-corrected chi connectivity index (χ0v) is 12.2. The van der Waals surface area contributed by atoms with Crippen molar-refractivity contribution in [2.24, 2.45) is 0 Å². The van der Waals surface area contributed by atoms with E-state index in [1.807, 2.05) is 5.32 Å². The zero-order chi connectivity index (χ0) is 17.8. The Morgan fingerprint density at radius 1 is 1.13 bits per heavy atom. The van der Waals surface area contributed by atoms with Gasteiger partial charge in [-0.25, -0.2) is 8.42 Å². The second-order valence-electron chi connectivity index (χ2n) is 4.19. The minimum atomic E-state index is -4.91. The Morgan fingerprint density at radius 3 is 2.09 bits per heavy atom. The maximum Gasteiger partial charge on any atom is 0.418 e. The van der Waals surface area contributed by atoms with Gasteiger partial charge in [0.25, 0.3) is 0 Å². The predicted octanol–water partition coefficient (Wildman–Crippen LogP) is 2.35. The Balaban J connectivity index is 3.57. The molecule has 10 heteroatoms. The topological polar surface area (TPSA) is 118 Å². The summed E-state index contributed by atoms with van der Waals surface area (Å²) in [6.07, 6.45) is -4.16. The lowest BCUT2D eigenvalue weighted by atomic mass is 10.1. The SMILES string of the molecule is CS(=O)(=O)c1ccc(NC(C#N)=C(C#N)C#N)c(C(F)(F)F)c1. The molecule has 0 heterocycles. The third-order valence-corrected chi connectivity index (χ3v) is 3.68. The average molecular weight is 340 g/mol. The zero-order valence-electron chi connectivity index (χ0n) is 11.4. The largest absolute Gasteiger partial charge is 0.418 e. The van der Waals surface area contributed by atoms with Crippen molar-refractivity contribution in [2.45, 2.75) is 11.1 Å². The first-order valence-electron chi connectivity index (χ1n) is 5.67. The van der Waals surface area contributed by atoms with E-state index in [1.165, 1.54) is 18.2 Å². The fourth-order valence-electron chi connectivity index (χ4n) is 1.52. The lowest BCUT2D eigenvalue weighted by Crippen LogP contribution is -2.12. The van der Waals surface area contributed by atoms with Crippen molar-refractivity contribution >= 4 is 15.5 Å². The van der Waals surface area contributed by atoms with Crippen molar-refractivity contribution in [3.63, 3.8) is 0 Å². The number of sulfone groups is 1. The fourth-order valence-corrected chi connectivity index (χ4v) is 2.16. The quantitative estimate of drug-likeness (QED) is 0.844. The Bertz CT molecular complexity index is 881. The summed E-state index contributed by atoms with van der Waals surface area (Å²) in [6, 6.07) is 6.29. The van der Waals surface area contributed by atoms with Gasteiger partial charge in [0.05, 0.1) is 16.1 Å². The van der Waals surface area contributed by atoms with Crippen molar-refractivity contribution in [1.29, 1.82) is 15.8 Å². The highest BCUT2D eigenvalue weighted by atomic mass is 32.2. The molecule has 0 aliphatic carbocycles. The summed E-state index contributed by atoms with van der Waals surface area (Å²) in [5.41, 5.74) is -3.37. The molecule has 0 unspecified atom stereocenters. The number of anilines is 1. The minimum absolute atomic E-state index is 0.408. The molecule has 0 aliphatic rings. The van der Waals surface area contributed by atoms with E-state index in [0.717, 1.165) is 18.4 Å². The number of nitrogens with zero attached hydrogens (tertiary/aromatic N) is 3. The summed E-state index contributed by atoms with van der Waals surface area (Å²) in [6.45, 7) is 0. The third-order valence-electron chi connectivity index (χ3n) is 2.57. The second-order valence-corrected chi connectivity index (χ2v) is 6.20. The molecule has 0 radical (unpaired) electrons. The summed E-state index contributed by atoms with van der Waals surface area (Å²) in [4.78, 5) is -0.557. The number of hydrogen-bond acceptors (Lipinski definition) is 6. The van der Waals surface area contributed by atoms with Gasteiger partial charge in [0.1, 0.15) is 23.9 Å². The van der Waals surface area contributed by atoms with E-state index in [1.54, 1.807) is 0 Å². The molecule has 0 saturated carbocycles. The molecule has 0 spiro atoms. The van der Waals surface area contributed by atoms with Crippen LogP contribution in [0.3, 0.4) is 0 Å². The Hall–Kier alpha value is -3.03. The standard InChI is InChI=1S/C13H7F3N4O2S/c1-23(21,22)9-2-3-11(10(4-9)13(14,15)16)20-12(7-19)8(5-17)6-18/h2-4,20H,1H3. The average Bonchev–Trinajstić information content (AvgIpc) is 2.45.